The Kier molecular flexibility index (Phi) is 9.58. The van der Waals surface area contributed by atoms with Crippen molar-refractivity contribution in [1.82, 2.24) is 10.0 Å². The summed E-state index contributed by atoms with van der Waals surface area (Å²) in [6.45, 7) is 0.478. The van der Waals surface area contributed by atoms with Gasteiger partial charge in [0.05, 0.1) is 14.2 Å². The second-order valence-corrected chi connectivity index (χ2v) is 9.15. The standard InChI is InChI=1S/C21H32N2O6S/c1-28-18-13-12-16(15-19(18)30(26,27)23-17-9-6-7-10-17)21(25)22-14-8-4-3-5-11-20(24)29-2/h12-13,15,17,23H,3-11,14H2,1-2H3,(H,22,25). The molecule has 1 aromatic rings. The van der Waals surface area contributed by atoms with Crippen LogP contribution < -0.4 is 14.8 Å². The Morgan fingerprint density at radius 2 is 1.77 bits per heavy atom. The topological polar surface area (TPSA) is 111 Å². The predicted octanol–water partition coefficient (Wildman–Crippen LogP) is 2.77. The second-order valence-electron chi connectivity index (χ2n) is 7.46. The third-order valence-electron chi connectivity index (χ3n) is 5.21. The average molecular weight is 441 g/mol. The molecule has 1 aliphatic carbocycles. The Morgan fingerprint density at radius 1 is 1.07 bits per heavy atom. The molecule has 0 atom stereocenters. The lowest BCUT2D eigenvalue weighted by Crippen LogP contribution is -2.33. The number of esters is 1. The van der Waals surface area contributed by atoms with Crippen LogP contribution in [0.2, 0.25) is 0 Å². The minimum absolute atomic E-state index is 0.0210. The minimum Gasteiger partial charge on any atom is -0.495 e. The first-order chi connectivity index (χ1) is 14.4. The highest BCUT2D eigenvalue weighted by molar-refractivity contribution is 7.89. The maximum atomic E-state index is 12.8. The van der Waals surface area contributed by atoms with Crippen molar-refractivity contribution < 1.29 is 27.5 Å². The zero-order valence-corrected chi connectivity index (χ0v) is 18.6. The van der Waals surface area contributed by atoms with Crippen molar-refractivity contribution >= 4 is 21.9 Å². The molecule has 0 aromatic heterocycles. The molecule has 2 N–H and O–H groups in total. The zero-order valence-electron chi connectivity index (χ0n) is 17.7. The molecule has 30 heavy (non-hydrogen) atoms. The van der Waals surface area contributed by atoms with Gasteiger partial charge in [-0.2, -0.15) is 0 Å². The maximum Gasteiger partial charge on any atom is 0.305 e. The number of hydrogen-bond donors (Lipinski definition) is 2. The van der Waals surface area contributed by atoms with E-state index in [4.69, 9.17) is 4.74 Å². The van der Waals surface area contributed by atoms with E-state index in [0.717, 1.165) is 51.4 Å². The quantitative estimate of drug-likeness (QED) is 0.382. The van der Waals surface area contributed by atoms with Gasteiger partial charge in [-0.3, -0.25) is 9.59 Å². The van der Waals surface area contributed by atoms with Crippen molar-refractivity contribution in [2.75, 3.05) is 20.8 Å². The summed E-state index contributed by atoms with van der Waals surface area (Å²) in [5.41, 5.74) is 0.272. The molecule has 0 bridgehead atoms. The van der Waals surface area contributed by atoms with Crippen molar-refractivity contribution in [1.29, 1.82) is 0 Å². The summed E-state index contributed by atoms with van der Waals surface area (Å²) in [4.78, 5) is 23.5. The number of carbonyl (C=O) groups is 2. The van der Waals surface area contributed by atoms with Gasteiger partial charge >= 0.3 is 5.97 Å². The Morgan fingerprint density at radius 3 is 2.43 bits per heavy atom. The molecule has 0 heterocycles. The van der Waals surface area contributed by atoms with Gasteiger partial charge in [0.1, 0.15) is 10.6 Å². The molecule has 0 aliphatic heterocycles. The van der Waals surface area contributed by atoms with Gasteiger partial charge < -0.3 is 14.8 Å². The van der Waals surface area contributed by atoms with E-state index >= 15 is 0 Å². The van der Waals surface area contributed by atoms with E-state index in [2.05, 4.69) is 14.8 Å². The van der Waals surface area contributed by atoms with E-state index in [9.17, 15) is 18.0 Å². The lowest BCUT2D eigenvalue weighted by molar-refractivity contribution is -0.140. The Hall–Kier alpha value is -2.13. The molecule has 168 valence electrons. The van der Waals surface area contributed by atoms with Crippen LogP contribution in [0.15, 0.2) is 23.1 Å². The van der Waals surface area contributed by atoms with Crippen molar-refractivity contribution in [2.45, 2.75) is 68.7 Å². The van der Waals surface area contributed by atoms with Crippen LogP contribution in [0.4, 0.5) is 0 Å². The largest absolute Gasteiger partial charge is 0.495 e. The number of benzene rings is 1. The highest BCUT2D eigenvalue weighted by Crippen LogP contribution is 2.27. The zero-order chi connectivity index (χ0) is 22.0. The number of hydrogen-bond acceptors (Lipinski definition) is 6. The van der Waals surface area contributed by atoms with E-state index in [1.807, 2.05) is 0 Å². The highest BCUT2D eigenvalue weighted by atomic mass is 32.2. The number of unbranched alkanes of at least 4 members (excludes halogenated alkanes) is 3. The first kappa shape index (κ1) is 24.1. The number of rotatable bonds is 12. The molecule has 0 saturated heterocycles. The fourth-order valence-electron chi connectivity index (χ4n) is 3.51. The number of sulfonamides is 1. The van der Waals surface area contributed by atoms with Gasteiger partial charge in [0.15, 0.2) is 0 Å². The van der Waals surface area contributed by atoms with Crippen LogP contribution in [-0.4, -0.2) is 47.1 Å². The normalized spacial score (nSPS) is 14.5. The van der Waals surface area contributed by atoms with Crippen LogP contribution in [0.5, 0.6) is 5.75 Å². The fourth-order valence-corrected chi connectivity index (χ4v) is 5.01. The molecular formula is C21H32N2O6S. The highest BCUT2D eigenvalue weighted by Gasteiger charge is 2.26. The van der Waals surface area contributed by atoms with Gasteiger partial charge in [0.2, 0.25) is 10.0 Å². The second kappa shape index (κ2) is 11.9. The van der Waals surface area contributed by atoms with E-state index in [-0.39, 0.29) is 34.1 Å². The summed E-state index contributed by atoms with van der Waals surface area (Å²) < 4.78 is 38.2. The molecule has 2 rings (SSSR count). The molecular weight excluding hydrogens is 408 g/mol. The van der Waals surface area contributed by atoms with Crippen LogP contribution in [0.1, 0.15) is 68.1 Å². The van der Waals surface area contributed by atoms with Crippen LogP contribution >= 0.6 is 0 Å². The van der Waals surface area contributed by atoms with E-state index in [1.54, 1.807) is 6.07 Å². The minimum atomic E-state index is -3.78. The lowest BCUT2D eigenvalue weighted by Gasteiger charge is -2.15. The first-order valence-corrected chi connectivity index (χ1v) is 11.9. The molecule has 1 fully saturated rings. The first-order valence-electron chi connectivity index (χ1n) is 10.4. The summed E-state index contributed by atoms with van der Waals surface area (Å²) in [5, 5.41) is 2.81. The fraction of sp³-hybridized carbons (Fsp3) is 0.619. The molecule has 0 unspecified atom stereocenters. The molecule has 1 aliphatic rings. The average Bonchev–Trinajstić information content (AvgIpc) is 3.24. The lowest BCUT2D eigenvalue weighted by atomic mass is 10.1. The van der Waals surface area contributed by atoms with Crippen LogP contribution in [0.25, 0.3) is 0 Å². The molecule has 1 amide bonds. The summed E-state index contributed by atoms with van der Waals surface area (Å²) >= 11 is 0. The predicted molar refractivity (Wildman–Crippen MR) is 113 cm³/mol. The molecule has 1 saturated carbocycles. The maximum absolute atomic E-state index is 12.8. The van der Waals surface area contributed by atoms with Crippen molar-refractivity contribution in [3.8, 4) is 5.75 Å². The molecule has 9 heteroatoms. The van der Waals surface area contributed by atoms with Gasteiger partial charge in [-0.05, 0) is 43.9 Å². The van der Waals surface area contributed by atoms with Crippen LogP contribution in [-0.2, 0) is 19.6 Å². The van der Waals surface area contributed by atoms with Gasteiger partial charge in [-0.15, -0.1) is 0 Å². The van der Waals surface area contributed by atoms with Gasteiger partial charge in [0, 0.05) is 24.6 Å². The smallest absolute Gasteiger partial charge is 0.305 e. The summed E-state index contributed by atoms with van der Waals surface area (Å²) in [6.07, 6.45) is 7.35. The summed E-state index contributed by atoms with van der Waals surface area (Å²) in [6, 6.07) is 4.35. The van der Waals surface area contributed by atoms with E-state index < -0.39 is 10.0 Å². The van der Waals surface area contributed by atoms with Gasteiger partial charge in [-0.25, -0.2) is 13.1 Å². The van der Waals surface area contributed by atoms with Crippen molar-refractivity contribution in [3.63, 3.8) is 0 Å². The molecule has 1 aromatic carbocycles. The number of nitrogens with one attached hydrogen (secondary N) is 2. The molecule has 0 spiro atoms. The number of carbonyl (C=O) groups excluding carboxylic acids is 2. The van der Waals surface area contributed by atoms with E-state index in [0.29, 0.717) is 13.0 Å². The third-order valence-corrected chi connectivity index (χ3v) is 6.75. The van der Waals surface area contributed by atoms with Gasteiger partial charge in [-0.1, -0.05) is 25.7 Å². The number of amides is 1. The van der Waals surface area contributed by atoms with Crippen LogP contribution in [0.3, 0.4) is 0 Å². The molecule has 8 nitrogen and oxygen atoms in total. The summed E-state index contributed by atoms with van der Waals surface area (Å²) in [5.74, 6) is -0.330. The Labute approximate surface area is 178 Å². The summed E-state index contributed by atoms with van der Waals surface area (Å²) in [7, 11) is -1.000. The SMILES string of the molecule is COC(=O)CCCCCCNC(=O)c1ccc(OC)c(S(=O)(=O)NC2CCCC2)c1. The number of methoxy groups -OCH3 is 2. The number of ether oxygens (including phenoxy) is 2. The Balaban J connectivity index is 1.90. The van der Waals surface area contributed by atoms with Crippen molar-refractivity contribution in [3.05, 3.63) is 23.8 Å². The molecule has 0 radical (unpaired) electrons. The van der Waals surface area contributed by atoms with Gasteiger partial charge in [0.25, 0.3) is 5.91 Å². The third kappa shape index (κ3) is 7.28. The van der Waals surface area contributed by atoms with Crippen LogP contribution in [0, 0.1) is 0 Å². The Bertz CT molecular complexity index is 819. The monoisotopic (exact) mass is 440 g/mol. The van der Waals surface area contributed by atoms with Crippen molar-refractivity contribution in [2.24, 2.45) is 0 Å². The van der Waals surface area contributed by atoms with E-state index in [1.165, 1.54) is 26.4 Å².